The molecule has 116 valence electrons. The van der Waals surface area contributed by atoms with E-state index in [0.717, 1.165) is 25.7 Å². The molecule has 3 N–H and O–H groups in total. The van der Waals surface area contributed by atoms with Gasteiger partial charge in [-0.2, -0.15) is 0 Å². The first kappa shape index (κ1) is 17.0. The first-order valence-corrected chi connectivity index (χ1v) is 7.68. The van der Waals surface area contributed by atoms with E-state index in [1.165, 1.54) is 6.42 Å². The van der Waals surface area contributed by atoms with Gasteiger partial charge in [0.25, 0.3) is 0 Å². The molecular weight excluding hydrogens is 254 g/mol. The summed E-state index contributed by atoms with van der Waals surface area (Å²) in [5, 5.41) is 2.81. The van der Waals surface area contributed by atoms with Crippen molar-refractivity contribution in [1.29, 1.82) is 0 Å². The molecule has 0 aromatic heterocycles. The van der Waals surface area contributed by atoms with Crippen LogP contribution in [0.2, 0.25) is 0 Å². The Bertz CT molecular complexity index is 329. The number of nitrogens with zero attached hydrogens (tertiary/aromatic N) is 1. The van der Waals surface area contributed by atoms with E-state index in [1.54, 1.807) is 11.9 Å². The molecular formula is C15H29N3O2. The number of amides is 2. The van der Waals surface area contributed by atoms with Crippen molar-refractivity contribution < 1.29 is 9.59 Å². The van der Waals surface area contributed by atoms with E-state index >= 15 is 0 Å². The van der Waals surface area contributed by atoms with Gasteiger partial charge in [-0.3, -0.25) is 9.59 Å². The number of carbonyl (C=O) groups is 2. The molecule has 0 aromatic rings. The highest BCUT2D eigenvalue weighted by atomic mass is 16.2. The Kier molecular flexibility index (Phi) is 6.99. The molecule has 1 saturated carbocycles. The van der Waals surface area contributed by atoms with Crippen LogP contribution in [0.4, 0.5) is 0 Å². The summed E-state index contributed by atoms with van der Waals surface area (Å²) in [6.07, 6.45) is 5.13. The zero-order valence-corrected chi connectivity index (χ0v) is 13.0. The average molecular weight is 283 g/mol. The van der Waals surface area contributed by atoms with Gasteiger partial charge in [0.2, 0.25) is 11.8 Å². The van der Waals surface area contributed by atoms with Crippen molar-refractivity contribution in [1.82, 2.24) is 10.2 Å². The maximum Gasteiger partial charge on any atom is 0.239 e. The molecule has 1 aliphatic carbocycles. The van der Waals surface area contributed by atoms with Gasteiger partial charge in [0.1, 0.15) is 0 Å². The summed E-state index contributed by atoms with van der Waals surface area (Å²) in [6.45, 7) is 4.67. The summed E-state index contributed by atoms with van der Waals surface area (Å²) in [6, 6.07) is 0.106. The van der Waals surface area contributed by atoms with Crippen LogP contribution < -0.4 is 11.1 Å². The minimum absolute atomic E-state index is 0.0668. The third kappa shape index (κ3) is 5.49. The minimum atomic E-state index is -0.0924. The second kappa shape index (κ2) is 8.25. The van der Waals surface area contributed by atoms with Crippen molar-refractivity contribution >= 4 is 11.8 Å². The Morgan fingerprint density at radius 1 is 1.35 bits per heavy atom. The van der Waals surface area contributed by atoms with E-state index in [1.807, 2.05) is 13.8 Å². The molecule has 0 radical (unpaired) electrons. The molecule has 2 amide bonds. The van der Waals surface area contributed by atoms with Crippen LogP contribution >= 0.6 is 0 Å². The molecule has 5 nitrogen and oxygen atoms in total. The Balaban J connectivity index is 2.45. The predicted octanol–water partition coefficient (Wildman–Crippen LogP) is 1.12. The number of hydrogen-bond acceptors (Lipinski definition) is 3. The lowest BCUT2D eigenvalue weighted by atomic mass is 9.79. The Labute approximate surface area is 122 Å². The standard InChI is InChI=1S/C15H29N3O2/c1-11(2)17-14(19)10-18(3)15(20)13-6-4-5-12(9-13)7-8-16/h11-13H,4-10,16H2,1-3H3,(H,17,19). The van der Waals surface area contributed by atoms with E-state index < -0.39 is 0 Å². The number of rotatable bonds is 6. The lowest BCUT2D eigenvalue weighted by Gasteiger charge is -2.31. The van der Waals surface area contributed by atoms with Crippen LogP contribution in [0.5, 0.6) is 0 Å². The van der Waals surface area contributed by atoms with Gasteiger partial charge in [0.05, 0.1) is 6.54 Å². The molecule has 1 aliphatic rings. The summed E-state index contributed by atoms with van der Waals surface area (Å²) in [5.41, 5.74) is 5.60. The molecule has 5 heteroatoms. The van der Waals surface area contributed by atoms with Gasteiger partial charge in [-0.15, -0.1) is 0 Å². The second-order valence-electron chi connectivity index (χ2n) is 6.22. The summed E-state index contributed by atoms with van der Waals surface area (Å²) in [7, 11) is 1.72. The van der Waals surface area contributed by atoms with Crippen LogP contribution in [-0.4, -0.2) is 42.9 Å². The smallest absolute Gasteiger partial charge is 0.239 e. The van der Waals surface area contributed by atoms with E-state index in [2.05, 4.69) is 5.32 Å². The normalized spacial score (nSPS) is 22.6. The van der Waals surface area contributed by atoms with E-state index in [4.69, 9.17) is 5.73 Å². The van der Waals surface area contributed by atoms with Gasteiger partial charge in [-0.05, 0) is 45.6 Å². The molecule has 2 atom stereocenters. The molecule has 0 aromatic carbocycles. The summed E-state index contributed by atoms with van der Waals surface area (Å²) in [5.74, 6) is 0.647. The highest BCUT2D eigenvalue weighted by Crippen LogP contribution is 2.31. The van der Waals surface area contributed by atoms with Crippen molar-refractivity contribution in [2.45, 2.75) is 52.0 Å². The predicted molar refractivity (Wildman–Crippen MR) is 80.0 cm³/mol. The van der Waals surface area contributed by atoms with Crippen LogP contribution in [0.15, 0.2) is 0 Å². The largest absolute Gasteiger partial charge is 0.352 e. The Hall–Kier alpha value is -1.10. The summed E-state index contributed by atoms with van der Waals surface area (Å²) >= 11 is 0. The molecule has 0 bridgehead atoms. The number of hydrogen-bond donors (Lipinski definition) is 2. The second-order valence-corrected chi connectivity index (χ2v) is 6.22. The van der Waals surface area contributed by atoms with Crippen LogP contribution in [0.3, 0.4) is 0 Å². The molecule has 0 heterocycles. The van der Waals surface area contributed by atoms with Gasteiger partial charge in [0, 0.05) is 19.0 Å². The molecule has 0 saturated heterocycles. The topological polar surface area (TPSA) is 75.4 Å². The third-order valence-electron chi connectivity index (χ3n) is 3.91. The molecule has 2 unspecified atom stereocenters. The van der Waals surface area contributed by atoms with Gasteiger partial charge in [-0.25, -0.2) is 0 Å². The van der Waals surface area contributed by atoms with Crippen molar-refractivity contribution in [3.8, 4) is 0 Å². The Morgan fingerprint density at radius 3 is 2.65 bits per heavy atom. The van der Waals surface area contributed by atoms with Gasteiger partial charge in [0.15, 0.2) is 0 Å². The first-order chi connectivity index (χ1) is 9.43. The first-order valence-electron chi connectivity index (χ1n) is 7.68. The van der Waals surface area contributed by atoms with Crippen LogP contribution in [0, 0.1) is 11.8 Å². The maximum atomic E-state index is 12.4. The molecule has 0 spiro atoms. The molecule has 0 aliphatic heterocycles. The summed E-state index contributed by atoms with van der Waals surface area (Å²) < 4.78 is 0. The third-order valence-corrected chi connectivity index (χ3v) is 3.91. The zero-order valence-electron chi connectivity index (χ0n) is 13.0. The molecule has 1 rings (SSSR count). The maximum absolute atomic E-state index is 12.4. The van der Waals surface area contributed by atoms with E-state index in [0.29, 0.717) is 12.5 Å². The SMILES string of the molecule is CC(C)NC(=O)CN(C)C(=O)C1CCCC(CCN)C1. The highest BCUT2D eigenvalue weighted by Gasteiger charge is 2.29. The van der Waals surface area contributed by atoms with Crippen molar-refractivity contribution in [3.63, 3.8) is 0 Å². The number of nitrogens with one attached hydrogen (secondary N) is 1. The fraction of sp³-hybridized carbons (Fsp3) is 0.867. The van der Waals surface area contributed by atoms with Crippen LogP contribution in [0.1, 0.15) is 46.0 Å². The fourth-order valence-corrected chi connectivity index (χ4v) is 2.99. The number of nitrogens with two attached hydrogens (primary N) is 1. The highest BCUT2D eigenvalue weighted by molar-refractivity contribution is 5.85. The molecule has 1 fully saturated rings. The monoisotopic (exact) mass is 283 g/mol. The van der Waals surface area contributed by atoms with Gasteiger partial charge in [-0.1, -0.05) is 12.8 Å². The van der Waals surface area contributed by atoms with Crippen LogP contribution in [-0.2, 0) is 9.59 Å². The zero-order chi connectivity index (χ0) is 15.1. The van der Waals surface area contributed by atoms with E-state index in [-0.39, 0.29) is 30.3 Å². The van der Waals surface area contributed by atoms with Crippen molar-refractivity contribution in [2.24, 2.45) is 17.6 Å². The van der Waals surface area contributed by atoms with Crippen molar-refractivity contribution in [3.05, 3.63) is 0 Å². The average Bonchev–Trinajstić information content (AvgIpc) is 2.37. The van der Waals surface area contributed by atoms with E-state index in [9.17, 15) is 9.59 Å². The van der Waals surface area contributed by atoms with Crippen LogP contribution in [0.25, 0.3) is 0 Å². The summed E-state index contributed by atoms with van der Waals surface area (Å²) in [4.78, 5) is 25.6. The quantitative estimate of drug-likeness (QED) is 0.767. The molecule has 20 heavy (non-hydrogen) atoms. The fourth-order valence-electron chi connectivity index (χ4n) is 2.99. The Morgan fingerprint density at radius 2 is 2.05 bits per heavy atom. The minimum Gasteiger partial charge on any atom is -0.352 e. The number of likely N-dealkylation sites (N-methyl/N-ethyl adjacent to an activating group) is 1. The van der Waals surface area contributed by atoms with Gasteiger partial charge >= 0.3 is 0 Å². The lowest BCUT2D eigenvalue weighted by Crippen LogP contribution is -2.43. The lowest BCUT2D eigenvalue weighted by molar-refractivity contribution is -0.139. The number of carbonyl (C=O) groups excluding carboxylic acids is 2. The van der Waals surface area contributed by atoms with Gasteiger partial charge < -0.3 is 16.0 Å². The van der Waals surface area contributed by atoms with Crippen molar-refractivity contribution in [2.75, 3.05) is 20.1 Å².